The fourth-order valence-electron chi connectivity index (χ4n) is 6.00. The number of hydrogen-bond acceptors (Lipinski definition) is 9. The van der Waals surface area contributed by atoms with Crippen molar-refractivity contribution in [2.75, 3.05) is 43.4 Å². The number of nitrogens with one attached hydrogen (secondary N) is 2. The van der Waals surface area contributed by atoms with Gasteiger partial charge in [-0.1, -0.05) is 0 Å². The van der Waals surface area contributed by atoms with E-state index in [1.807, 2.05) is 18.5 Å². The molecule has 7 rings (SSSR count). The van der Waals surface area contributed by atoms with Crippen LogP contribution in [0.4, 0.5) is 11.9 Å². The Morgan fingerprint density at radius 3 is 2.49 bits per heavy atom. The lowest BCUT2D eigenvalue weighted by Crippen LogP contribution is -2.57. The zero-order valence-corrected chi connectivity index (χ0v) is 21.8. The van der Waals surface area contributed by atoms with Crippen molar-refractivity contribution in [2.45, 2.75) is 32.0 Å². The number of piperazine rings is 1. The monoisotopic (exact) mass is 527 g/mol. The van der Waals surface area contributed by atoms with Crippen molar-refractivity contribution in [3.05, 3.63) is 66.4 Å². The van der Waals surface area contributed by atoms with Gasteiger partial charge in [0, 0.05) is 75.6 Å². The Morgan fingerprint density at radius 2 is 1.77 bits per heavy atom. The quantitative estimate of drug-likeness (QED) is 0.278. The molecule has 202 valence electrons. The first-order valence-electron chi connectivity index (χ1n) is 13.6. The summed E-state index contributed by atoms with van der Waals surface area (Å²) in [6.07, 6.45) is 7.97. The van der Waals surface area contributed by atoms with E-state index in [4.69, 9.17) is 15.1 Å². The van der Waals surface area contributed by atoms with Gasteiger partial charge in [-0.05, 0) is 55.2 Å². The van der Waals surface area contributed by atoms with Crippen LogP contribution in [0.15, 0.2) is 59.5 Å². The molecule has 0 amide bonds. The zero-order chi connectivity index (χ0) is 26.2. The minimum absolute atomic E-state index is 0.274. The lowest BCUT2D eigenvalue weighted by molar-refractivity contribution is 0.0718. The van der Waals surface area contributed by atoms with E-state index in [9.17, 15) is 0 Å². The smallest absolute Gasteiger partial charge is 0.259 e. The Hall–Kier alpha value is -4.16. The third-order valence-corrected chi connectivity index (χ3v) is 7.88. The Balaban J connectivity index is 1.01. The van der Waals surface area contributed by atoms with Gasteiger partial charge >= 0.3 is 0 Å². The standard InChI is InChI=1S/C27H33N11O/c28-25-32-26(33-27-31-24(34-38(25)27)23-6-3-13-39-23)37-12-11-36-15-19(7-8-22(36)18-37)14-35(16-20-4-1-9-29-20)17-21-5-2-10-30-21/h1-6,9-10,13,19,22,29-30H,7-8,11-12,14-18H2,(H2,28,31,32,33,34). The van der Waals surface area contributed by atoms with E-state index < -0.39 is 0 Å². The van der Waals surface area contributed by atoms with Gasteiger partial charge in [0.1, 0.15) is 0 Å². The summed E-state index contributed by atoms with van der Waals surface area (Å²) in [4.78, 5) is 28.0. The highest BCUT2D eigenvalue weighted by Crippen LogP contribution is 2.28. The minimum Gasteiger partial charge on any atom is -0.461 e. The van der Waals surface area contributed by atoms with Crippen molar-refractivity contribution >= 4 is 17.7 Å². The van der Waals surface area contributed by atoms with Crippen LogP contribution in [0.5, 0.6) is 0 Å². The topological polar surface area (TPSA) is 136 Å². The van der Waals surface area contributed by atoms with Crippen molar-refractivity contribution in [2.24, 2.45) is 5.92 Å². The number of piperidine rings is 1. The van der Waals surface area contributed by atoms with E-state index in [-0.39, 0.29) is 5.95 Å². The number of nitrogen functional groups attached to an aromatic ring is 1. The number of H-pyrrole nitrogens is 2. The molecule has 2 unspecified atom stereocenters. The van der Waals surface area contributed by atoms with Crippen LogP contribution >= 0.6 is 0 Å². The molecule has 2 aliphatic heterocycles. The molecule has 0 saturated carbocycles. The number of fused-ring (bicyclic) bond motifs is 2. The summed E-state index contributed by atoms with van der Waals surface area (Å²) < 4.78 is 6.90. The normalized spacial score (nSPS) is 20.2. The molecule has 0 aliphatic carbocycles. The third kappa shape index (κ3) is 5.00. The maximum absolute atomic E-state index is 6.26. The first-order chi connectivity index (χ1) is 19.2. The third-order valence-electron chi connectivity index (χ3n) is 7.88. The summed E-state index contributed by atoms with van der Waals surface area (Å²) in [6, 6.07) is 12.6. The second-order valence-electron chi connectivity index (χ2n) is 10.6. The number of aromatic amines is 2. The largest absolute Gasteiger partial charge is 0.461 e. The van der Waals surface area contributed by atoms with Gasteiger partial charge in [0.25, 0.3) is 5.78 Å². The molecule has 7 heterocycles. The molecule has 2 atom stereocenters. The molecule has 0 aromatic carbocycles. The molecule has 12 heteroatoms. The van der Waals surface area contributed by atoms with Crippen LogP contribution < -0.4 is 10.6 Å². The van der Waals surface area contributed by atoms with Crippen LogP contribution in [-0.2, 0) is 13.1 Å². The summed E-state index contributed by atoms with van der Waals surface area (Å²) in [6.45, 7) is 6.75. The van der Waals surface area contributed by atoms with Crippen molar-refractivity contribution in [1.29, 1.82) is 0 Å². The predicted molar refractivity (Wildman–Crippen MR) is 147 cm³/mol. The summed E-state index contributed by atoms with van der Waals surface area (Å²) in [5.41, 5.74) is 8.76. The summed E-state index contributed by atoms with van der Waals surface area (Å²) >= 11 is 0. The van der Waals surface area contributed by atoms with Gasteiger partial charge in [-0.2, -0.15) is 19.5 Å². The molecule has 0 bridgehead atoms. The Kier molecular flexibility index (Phi) is 6.25. The summed E-state index contributed by atoms with van der Waals surface area (Å²) in [7, 11) is 0. The second-order valence-corrected chi connectivity index (χ2v) is 10.6. The second kappa shape index (κ2) is 10.2. The maximum Gasteiger partial charge on any atom is 0.259 e. The number of aromatic nitrogens is 7. The first-order valence-corrected chi connectivity index (χ1v) is 13.6. The van der Waals surface area contributed by atoms with E-state index in [1.54, 1.807) is 12.3 Å². The highest BCUT2D eigenvalue weighted by atomic mass is 16.3. The lowest BCUT2D eigenvalue weighted by Gasteiger charge is -2.47. The summed E-state index contributed by atoms with van der Waals surface area (Å²) in [5.74, 6) is 2.98. The lowest BCUT2D eigenvalue weighted by atomic mass is 9.90. The fraction of sp³-hybridized carbons (Fsp3) is 0.407. The molecule has 5 aromatic rings. The fourth-order valence-corrected chi connectivity index (χ4v) is 6.00. The van der Waals surface area contributed by atoms with Crippen molar-refractivity contribution < 1.29 is 4.42 Å². The van der Waals surface area contributed by atoms with E-state index in [2.05, 4.69) is 64.0 Å². The Morgan fingerprint density at radius 1 is 0.949 bits per heavy atom. The molecule has 4 N–H and O–H groups in total. The van der Waals surface area contributed by atoms with Crippen molar-refractivity contribution in [1.82, 2.24) is 44.3 Å². The van der Waals surface area contributed by atoms with Gasteiger partial charge in [-0.15, -0.1) is 5.10 Å². The molecule has 2 saturated heterocycles. The molecule has 12 nitrogen and oxygen atoms in total. The zero-order valence-electron chi connectivity index (χ0n) is 21.8. The van der Waals surface area contributed by atoms with Gasteiger partial charge in [0.15, 0.2) is 5.76 Å². The van der Waals surface area contributed by atoms with E-state index in [0.717, 1.165) is 52.2 Å². The van der Waals surface area contributed by atoms with Crippen LogP contribution in [0.3, 0.4) is 0 Å². The van der Waals surface area contributed by atoms with Gasteiger partial charge in [0.2, 0.25) is 17.7 Å². The van der Waals surface area contributed by atoms with Crippen LogP contribution in [0.1, 0.15) is 24.2 Å². The molecule has 2 aliphatic rings. The molecule has 2 fully saturated rings. The SMILES string of the molecule is Nc1nc(N2CCN3CC(CN(Cc4ccc[nH]4)Cc4ccc[nH]4)CCC3C2)nc2nc(-c3ccco3)nn12. The molecule has 39 heavy (non-hydrogen) atoms. The minimum atomic E-state index is 0.274. The molecule has 5 aromatic heterocycles. The van der Waals surface area contributed by atoms with Gasteiger partial charge in [-0.25, -0.2) is 0 Å². The van der Waals surface area contributed by atoms with E-state index >= 15 is 0 Å². The number of furan rings is 1. The van der Waals surface area contributed by atoms with Crippen LogP contribution in [0.2, 0.25) is 0 Å². The number of nitrogens with zero attached hydrogens (tertiary/aromatic N) is 8. The van der Waals surface area contributed by atoms with Crippen LogP contribution in [-0.4, -0.2) is 83.1 Å². The average molecular weight is 528 g/mol. The number of rotatable bonds is 8. The number of hydrogen-bond donors (Lipinski definition) is 3. The molecule has 0 spiro atoms. The highest BCUT2D eigenvalue weighted by Gasteiger charge is 2.34. The van der Waals surface area contributed by atoms with E-state index in [0.29, 0.717) is 35.3 Å². The molecular weight excluding hydrogens is 494 g/mol. The van der Waals surface area contributed by atoms with Crippen LogP contribution in [0.25, 0.3) is 17.4 Å². The average Bonchev–Trinajstić information content (AvgIpc) is 3.76. The van der Waals surface area contributed by atoms with Crippen molar-refractivity contribution in [3.8, 4) is 11.6 Å². The van der Waals surface area contributed by atoms with Gasteiger partial charge in [0.05, 0.1) is 6.26 Å². The first kappa shape index (κ1) is 23.9. The summed E-state index contributed by atoms with van der Waals surface area (Å²) in [5, 5.41) is 4.41. The molecular formula is C27H33N11O. The van der Waals surface area contributed by atoms with Gasteiger partial charge in [-0.3, -0.25) is 9.80 Å². The highest BCUT2D eigenvalue weighted by molar-refractivity contribution is 5.53. The van der Waals surface area contributed by atoms with E-state index in [1.165, 1.54) is 22.3 Å². The predicted octanol–water partition coefficient (Wildman–Crippen LogP) is 2.62. The number of nitrogens with two attached hydrogens (primary N) is 1. The van der Waals surface area contributed by atoms with Crippen LogP contribution in [0, 0.1) is 5.92 Å². The maximum atomic E-state index is 6.26. The van der Waals surface area contributed by atoms with Crippen molar-refractivity contribution in [3.63, 3.8) is 0 Å². The Bertz CT molecular complexity index is 1460. The molecule has 0 radical (unpaired) electrons. The Labute approximate surface area is 225 Å². The van der Waals surface area contributed by atoms with Gasteiger partial charge < -0.3 is 25.0 Å². The number of anilines is 2.